The molecule has 2 rings (SSSR count). The first-order valence-electron chi connectivity index (χ1n) is 7.04. The average molecular weight is 280 g/mol. The molecule has 1 aliphatic rings. The number of anilines is 1. The van der Waals surface area contributed by atoms with E-state index < -0.39 is 18.2 Å². The largest absolute Gasteiger partial charge is 0.464 e. The fourth-order valence-electron chi connectivity index (χ4n) is 2.42. The zero-order valence-corrected chi connectivity index (χ0v) is 11.7. The van der Waals surface area contributed by atoms with Crippen LogP contribution in [0.1, 0.15) is 31.4 Å². The Morgan fingerprint density at radius 3 is 2.50 bits per heavy atom. The summed E-state index contributed by atoms with van der Waals surface area (Å²) in [5.41, 5.74) is 7.50. The van der Waals surface area contributed by atoms with Crippen molar-refractivity contribution in [2.45, 2.75) is 32.0 Å². The van der Waals surface area contributed by atoms with Gasteiger partial charge in [0.1, 0.15) is 0 Å². The standard InChI is InChI=1S/C15H21FN2O2/c1-2-20-15(19)13(16)14(17)11-5-7-12(8-6-11)18-9-3-4-10-18/h5-8,13-14H,2-4,9-10,17H2,1H3/t13?,14-/m0/s1. The van der Waals surface area contributed by atoms with Gasteiger partial charge in [-0.2, -0.15) is 0 Å². The van der Waals surface area contributed by atoms with Gasteiger partial charge in [0.2, 0.25) is 6.17 Å². The maximum absolute atomic E-state index is 13.9. The second-order valence-corrected chi connectivity index (χ2v) is 4.97. The molecule has 0 spiro atoms. The Bertz CT molecular complexity index is 444. The van der Waals surface area contributed by atoms with Crippen LogP contribution in [0.3, 0.4) is 0 Å². The summed E-state index contributed by atoms with van der Waals surface area (Å²) in [6.45, 7) is 3.90. The number of esters is 1. The molecule has 1 saturated heterocycles. The Labute approximate surface area is 118 Å². The van der Waals surface area contributed by atoms with Crippen molar-refractivity contribution < 1.29 is 13.9 Å². The summed E-state index contributed by atoms with van der Waals surface area (Å²) in [4.78, 5) is 13.6. The number of carbonyl (C=O) groups is 1. The Kier molecular flexibility index (Phi) is 4.95. The molecular formula is C15H21FN2O2. The third-order valence-electron chi connectivity index (χ3n) is 3.58. The SMILES string of the molecule is CCOC(=O)C(F)[C@@H](N)c1ccc(N2CCCC2)cc1. The summed E-state index contributed by atoms with van der Waals surface area (Å²) < 4.78 is 18.5. The van der Waals surface area contributed by atoms with Gasteiger partial charge in [-0.3, -0.25) is 0 Å². The van der Waals surface area contributed by atoms with Crippen LogP contribution in [0.15, 0.2) is 24.3 Å². The van der Waals surface area contributed by atoms with Crippen LogP contribution in [0.5, 0.6) is 0 Å². The summed E-state index contributed by atoms with van der Waals surface area (Å²) in [5.74, 6) is -0.899. The molecule has 0 aromatic heterocycles. The van der Waals surface area contributed by atoms with Gasteiger partial charge < -0.3 is 15.4 Å². The van der Waals surface area contributed by atoms with E-state index in [-0.39, 0.29) is 6.61 Å². The number of rotatable bonds is 5. The highest BCUT2D eigenvalue weighted by Crippen LogP contribution is 2.24. The lowest BCUT2D eigenvalue weighted by atomic mass is 10.0. The average Bonchev–Trinajstić information content (AvgIpc) is 3.00. The number of hydrogen-bond acceptors (Lipinski definition) is 4. The molecule has 110 valence electrons. The lowest BCUT2D eigenvalue weighted by molar-refractivity contribution is -0.149. The first kappa shape index (κ1) is 14.8. The summed E-state index contributed by atoms with van der Waals surface area (Å²) in [6.07, 6.45) is 0.584. The van der Waals surface area contributed by atoms with Gasteiger partial charge in [0.05, 0.1) is 12.6 Å². The number of hydrogen-bond donors (Lipinski definition) is 1. The second kappa shape index (κ2) is 6.70. The molecule has 0 amide bonds. The molecule has 1 heterocycles. The van der Waals surface area contributed by atoms with E-state index in [9.17, 15) is 9.18 Å². The van der Waals surface area contributed by atoms with Gasteiger partial charge in [-0.15, -0.1) is 0 Å². The van der Waals surface area contributed by atoms with Crippen LogP contribution in [-0.2, 0) is 9.53 Å². The van der Waals surface area contributed by atoms with Gasteiger partial charge >= 0.3 is 5.97 Å². The lowest BCUT2D eigenvalue weighted by Gasteiger charge is -2.20. The van der Waals surface area contributed by atoms with Gasteiger partial charge in [-0.05, 0) is 37.5 Å². The first-order chi connectivity index (χ1) is 9.63. The number of alkyl halides is 1. The minimum atomic E-state index is -1.83. The van der Waals surface area contributed by atoms with E-state index in [0.29, 0.717) is 5.56 Å². The van der Waals surface area contributed by atoms with Crippen LogP contribution in [-0.4, -0.2) is 31.8 Å². The fraction of sp³-hybridized carbons (Fsp3) is 0.533. The van der Waals surface area contributed by atoms with Crippen molar-refractivity contribution in [3.8, 4) is 0 Å². The monoisotopic (exact) mass is 280 g/mol. The van der Waals surface area contributed by atoms with E-state index in [4.69, 9.17) is 5.73 Å². The maximum Gasteiger partial charge on any atom is 0.342 e. The molecule has 5 heteroatoms. The molecule has 2 N–H and O–H groups in total. The molecule has 0 radical (unpaired) electrons. The van der Waals surface area contributed by atoms with Crippen LogP contribution in [0.25, 0.3) is 0 Å². The zero-order chi connectivity index (χ0) is 14.5. The van der Waals surface area contributed by atoms with Crippen molar-refractivity contribution in [2.24, 2.45) is 5.73 Å². The molecule has 0 bridgehead atoms. The van der Waals surface area contributed by atoms with Gasteiger partial charge in [0.15, 0.2) is 0 Å². The Morgan fingerprint density at radius 1 is 1.35 bits per heavy atom. The van der Waals surface area contributed by atoms with Crippen LogP contribution in [0.4, 0.5) is 10.1 Å². The summed E-state index contributed by atoms with van der Waals surface area (Å²) >= 11 is 0. The smallest absolute Gasteiger partial charge is 0.342 e. The highest BCUT2D eigenvalue weighted by atomic mass is 19.1. The quantitative estimate of drug-likeness (QED) is 0.840. The molecule has 1 aromatic carbocycles. The van der Waals surface area contributed by atoms with Gasteiger partial charge in [0, 0.05) is 18.8 Å². The molecule has 1 aromatic rings. The number of nitrogens with two attached hydrogens (primary N) is 1. The third-order valence-corrected chi connectivity index (χ3v) is 3.58. The highest BCUT2D eigenvalue weighted by Gasteiger charge is 2.27. The van der Waals surface area contributed by atoms with Crippen LogP contribution in [0.2, 0.25) is 0 Å². The van der Waals surface area contributed by atoms with Crippen LogP contribution >= 0.6 is 0 Å². The minimum Gasteiger partial charge on any atom is -0.464 e. The summed E-state index contributed by atoms with van der Waals surface area (Å²) in [5, 5.41) is 0. The van der Waals surface area contributed by atoms with Crippen molar-refractivity contribution in [3.05, 3.63) is 29.8 Å². The van der Waals surface area contributed by atoms with E-state index >= 15 is 0 Å². The van der Waals surface area contributed by atoms with E-state index in [2.05, 4.69) is 9.64 Å². The molecule has 0 aliphatic carbocycles. The van der Waals surface area contributed by atoms with Crippen molar-refractivity contribution >= 4 is 11.7 Å². The van der Waals surface area contributed by atoms with E-state index in [1.54, 1.807) is 19.1 Å². The lowest BCUT2D eigenvalue weighted by Crippen LogP contribution is -2.31. The number of benzene rings is 1. The Balaban J connectivity index is 2.03. The first-order valence-corrected chi connectivity index (χ1v) is 7.04. The summed E-state index contributed by atoms with van der Waals surface area (Å²) in [7, 11) is 0. The molecule has 20 heavy (non-hydrogen) atoms. The predicted octanol–water partition coefficient (Wildman–Crippen LogP) is 2.19. The molecular weight excluding hydrogens is 259 g/mol. The van der Waals surface area contributed by atoms with E-state index in [0.717, 1.165) is 18.8 Å². The molecule has 1 aliphatic heterocycles. The van der Waals surface area contributed by atoms with Gasteiger partial charge in [-0.1, -0.05) is 12.1 Å². The molecule has 0 saturated carbocycles. The minimum absolute atomic E-state index is 0.153. The van der Waals surface area contributed by atoms with Gasteiger partial charge in [0.25, 0.3) is 0 Å². The topological polar surface area (TPSA) is 55.6 Å². The van der Waals surface area contributed by atoms with Crippen LogP contribution < -0.4 is 10.6 Å². The molecule has 4 nitrogen and oxygen atoms in total. The van der Waals surface area contributed by atoms with E-state index in [1.807, 2.05) is 12.1 Å². The van der Waals surface area contributed by atoms with Crippen molar-refractivity contribution in [2.75, 3.05) is 24.6 Å². The Hall–Kier alpha value is -1.62. The predicted molar refractivity (Wildman–Crippen MR) is 76.3 cm³/mol. The fourth-order valence-corrected chi connectivity index (χ4v) is 2.42. The Morgan fingerprint density at radius 2 is 1.95 bits per heavy atom. The number of carbonyl (C=O) groups excluding carboxylic acids is 1. The van der Waals surface area contributed by atoms with Crippen molar-refractivity contribution in [3.63, 3.8) is 0 Å². The van der Waals surface area contributed by atoms with Crippen molar-refractivity contribution in [1.82, 2.24) is 0 Å². The number of ether oxygens (including phenoxy) is 1. The summed E-state index contributed by atoms with van der Waals surface area (Å²) in [6, 6.07) is 6.44. The third kappa shape index (κ3) is 3.28. The second-order valence-electron chi connectivity index (χ2n) is 4.97. The van der Waals surface area contributed by atoms with Gasteiger partial charge in [-0.25, -0.2) is 9.18 Å². The van der Waals surface area contributed by atoms with E-state index in [1.165, 1.54) is 12.8 Å². The van der Waals surface area contributed by atoms with Crippen molar-refractivity contribution in [1.29, 1.82) is 0 Å². The molecule has 1 unspecified atom stereocenters. The van der Waals surface area contributed by atoms with Crippen LogP contribution in [0, 0.1) is 0 Å². The number of halogens is 1. The maximum atomic E-state index is 13.9. The number of nitrogens with zero attached hydrogens (tertiary/aromatic N) is 1. The highest BCUT2D eigenvalue weighted by molar-refractivity contribution is 5.75. The molecule has 1 fully saturated rings. The zero-order valence-electron chi connectivity index (χ0n) is 11.7. The molecule has 2 atom stereocenters. The normalized spacial score (nSPS) is 17.9.